The van der Waals surface area contributed by atoms with Crippen molar-refractivity contribution in [2.75, 3.05) is 5.88 Å². The number of alkyl halides is 1. The number of carbonyl (C=O) groups is 1. The molecule has 1 unspecified atom stereocenters. The highest BCUT2D eigenvalue weighted by molar-refractivity contribution is 6.30. The van der Waals surface area contributed by atoms with E-state index in [-0.39, 0.29) is 35.0 Å². The van der Waals surface area contributed by atoms with Gasteiger partial charge in [-0.1, -0.05) is 11.6 Å². The summed E-state index contributed by atoms with van der Waals surface area (Å²) in [6.07, 6.45) is 4.86. The quantitative estimate of drug-likeness (QED) is 0.608. The second-order valence-electron chi connectivity index (χ2n) is 5.67. The molecule has 3 rings (SSSR count). The van der Waals surface area contributed by atoms with Crippen LogP contribution in [0.25, 0.3) is 0 Å². The Morgan fingerprint density at radius 3 is 2.96 bits per heavy atom. The van der Waals surface area contributed by atoms with E-state index >= 15 is 0 Å². The van der Waals surface area contributed by atoms with Gasteiger partial charge in [0.2, 0.25) is 5.91 Å². The zero-order valence-electron chi connectivity index (χ0n) is 12.7. The molecular weight excluding hydrogens is 359 g/mol. The smallest absolute Gasteiger partial charge is 0.238 e. The molecule has 0 N–H and O–H groups in total. The van der Waals surface area contributed by atoms with Crippen LogP contribution in [-0.2, 0) is 24.3 Å². The standard InChI is InChI=1S/C16H15Cl2F2N3O/c17-7-15(24)23(9-11-13(19)3-2-12(18)16(11)20)10-1-4-14-21-5-6-22(14)8-10/h2-3,5-6,10H,1,4,7-9H2. The number of imidazole rings is 1. The molecule has 0 saturated carbocycles. The Morgan fingerprint density at radius 2 is 2.21 bits per heavy atom. The molecule has 1 aliphatic rings. The van der Waals surface area contributed by atoms with Crippen molar-refractivity contribution in [1.82, 2.24) is 14.5 Å². The molecular formula is C16H15Cl2F2N3O. The first-order chi connectivity index (χ1) is 11.5. The average molecular weight is 374 g/mol. The number of aromatic nitrogens is 2. The van der Waals surface area contributed by atoms with Crippen LogP contribution in [0.15, 0.2) is 24.5 Å². The molecule has 24 heavy (non-hydrogen) atoms. The van der Waals surface area contributed by atoms with E-state index in [4.69, 9.17) is 23.2 Å². The molecule has 1 aromatic heterocycles. The number of halogens is 4. The first-order valence-corrected chi connectivity index (χ1v) is 8.40. The van der Waals surface area contributed by atoms with Crippen LogP contribution >= 0.6 is 23.2 Å². The predicted molar refractivity (Wildman–Crippen MR) is 87.0 cm³/mol. The van der Waals surface area contributed by atoms with Crippen LogP contribution in [0.4, 0.5) is 8.78 Å². The molecule has 0 radical (unpaired) electrons. The van der Waals surface area contributed by atoms with Crippen LogP contribution in [0.5, 0.6) is 0 Å². The van der Waals surface area contributed by atoms with Gasteiger partial charge in [0, 0.05) is 30.9 Å². The Kier molecular flexibility index (Phi) is 5.06. The summed E-state index contributed by atoms with van der Waals surface area (Å²) < 4.78 is 30.2. The Morgan fingerprint density at radius 1 is 1.42 bits per heavy atom. The lowest BCUT2D eigenvalue weighted by Crippen LogP contribution is -2.45. The maximum atomic E-state index is 14.2. The van der Waals surface area contributed by atoms with E-state index in [1.807, 2.05) is 10.8 Å². The largest absolute Gasteiger partial charge is 0.333 e. The number of carbonyl (C=O) groups excluding carboxylic acids is 1. The zero-order chi connectivity index (χ0) is 17.3. The molecule has 128 valence electrons. The first-order valence-electron chi connectivity index (χ1n) is 7.49. The third kappa shape index (κ3) is 3.26. The molecule has 8 heteroatoms. The minimum Gasteiger partial charge on any atom is -0.333 e. The summed E-state index contributed by atoms with van der Waals surface area (Å²) in [4.78, 5) is 17.9. The van der Waals surface area contributed by atoms with Gasteiger partial charge in [0.15, 0.2) is 0 Å². The minimum atomic E-state index is -0.844. The number of fused-ring (bicyclic) bond motifs is 1. The lowest BCUT2D eigenvalue weighted by molar-refractivity contribution is -0.132. The monoisotopic (exact) mass is 373 g/mol. The second kappa shape index (κ2) is 7.07. The van der Waals surface area contributed by atoms with E-state index in [0.29, 0.717) is 19.4 Å². The van der Waals surface area contributed by atoms with E-state index in [1.54, 1.807) is 6.20 Å². The van der Waals surface area contributed by atoms with Crippen LogP contribution in [-0.4, -0.2) is 32.3 Å². The summed E-state index contributed by atoms with van der Waals surface area (Å²) in [5.74, 6) is -1.27. The fourth-order valence-electron chi connectivity index (χ4n) is 2.98. The fourth-order valence-corrected chi connectivity index (χ4v) is 3.32. The maximum Gasteiger partial charge on any atom is 0.238 e. The molecule has 0 saturated heterocycles. The van der Waals surface area contributed by atoms with Crippen LogP contribution in [0, 0.1) is 11.6 Å². The summed E-state index contributed by atoms with van der Waals surface area (Å²) in [6, 6.07) is 2.04. The number of benzene rings is 1. The first kappa shape index (κ1) is 17.2. The summed E-state index contributed by atoms with van der Waals surface area (Å²) in [5.41, 5.74) is -0.225. The maximum absolute atomic E-state index is 14.2. The van der Waals surface area contributed by atoms with Gasteiger partial charge in [-0.3, -0.25) is 4.79 Å². The van der Waals surface area contributed by atoms with Crippen molar-refractivity contribution in [2.24, 2.45) is 0 Å². The fraction of sp³-hybridized carbons (Fsp3) is 0.375. The zero-order valence-corrected chi connectivity index (χ0v) is 14.2. The molecule has 1 amide bonds. The van der Waals surface area contributed by atoms with Gasteiger partial charge in [-0.05, 0) is 18.6 Å². The second-order valence-corrected chi connectivity index (χ2v) is 6.34. The van der Waals surface area contributed by atoms with Gasteiger partial charge < -0.3 is 9.47 Å². The summed E-state index contributed by atoms with van der Waals surface area (Å²) in [6.45, 7) is 0.306. The van der Waals surface area contributed by atoms with E-state index in [9.17, 15) is 13.6 Å². The third-order valence-corrected chi connectivity index (χ3v) is 4.77. The predicted octanol–water partition coefficient (Wildman–Crippen LogP) is 3.40. The molecule has 1 aliphatic heterocycles. The van der Waals surface area contributed by atoms with Crippen molar-refractivity contribution >= 4 is 29.1 Å². The average Bonchev–Trinajstić information content (AvgIpc) is 3.05. The van der Waals surface area contributed by atoms with E-state index in [1.165, 1.54) is 4.90 Å². The van der Waals surface area contributed by atoms with Crippen molar-refractivity contribution in [3.05, 3.63) is 52.6 Å². The molecule has 0 fully saturated rings. The van der Waals surface area contributed by atoms with E-state index < -0.39 is 11.6 Å². The van der Waals surface area contributed by atoms with Crippen LogP contribution in [0.3, 0.4) is 0 Å². The third-order valence-electron chi connectivity index (χ3n) is 4.25. The van der Waals surface area contributed by atoms with Crippen LogP contribution in [0.1, 0.15) is 17.8 Å². The summed E-state index contributed by atoms with van der Waals surface area (Å²) in [5, 5.41) is -0.176. The van der Waals surface area contributed by atoms with Gasteiger partial charge in [0.05, 0.1) is 17.6 Å². The molecule has 0 bridgehead atoms. The number of rotatable bonds is 4. The highest BCUT2D eigenvalue weighted by atomic mass is 35.5. The van der Waals surface area contributed by atoms with Crippen molar-refractivity contribution in [3.8, 4) is 0 Å². The lowest BCUT2D eigenvalue weighted by atomic mass is 10.0. The topological polar surface area (TPSA) is 38.1 Å². The highest BCUT2D eigenvalue weighted by Crippen LogP contribution is 2.26. The summed E-state index contributed by atoms with van der Waals surface area (Å²) in [7, 11) is 0. The van der Waals surface area contributed by atoms with Crippen molar-refractivity contribution in [3.63, 3.8) is 0 Å². The number of hydrogen-bond donors (Lipinski definition) is 0. The molecule has 2 heterocycles. The Bertz CT molecular complexity index is 766. The van der Waals surface area contributed by atoms with E-state index in [2.05, 4.69) is 4.98 Å². The normalized spacial score (nSPS) is 16.8. The summed E-state index contributed by atoms with van der Waals surface area (Å²) >= 11 is 11.4. The molecule has 1 atom stereocenters. The van der Waals surface area contributed by atoms with Crippen molar-refractivity contribution < 1.29 is 13.6 Å². The minimum absolute atomic E-state index is 0.176. The van der Waals surface area contributed by atoms with Gasteiger partial charge in [-0.15, -0.1) is 11.6 Å². The highest BCUT2D eigenvalue weighted by Gasteiger charge is 2.29. The number of aryl methyl sites for hydroxylation is 1. The number of nitrogens with zero attached hydrogens (tertiary/aromatic N) is 3. The number of amides is 1. The molecule has 2 aromatic rings. The molecule has 0 spiro atoms. The van der Waals surface area contributed by atoms with Crippen LogP contribution < -0.4 is 0 Å². The Hall–Kier alpha value is -1.66. The van der Waals surface area contributed by atoms with Crippen LogP contribution in [0.2, 0.25) is 5.02 Å². The molecule has 1 aromatic carbocycles. The van der Waals surface area contributed by atoms with E-state index in [0.717, 1.165) is 18.0 Å². The Labute approximate surface area is 148 Å². The van der Waals surface area contributed by atoms with Gasteiger partial charge in [0.1, 0.15) is 23.3 Å². The van der Waals surface area contributed by atoms with Gasteiger partial charge in [0.25, 0.3) is 0 Å². The molecule has 0 aliphatic carbocycles. The Balaban J connectivity index is 1.89. The van der Waals surface area contributed by atoms with Crippen molar-refractivity contribution in [1.29, 1.82) is 0 Å². The van der Waals surface area contributed by atoms with Gasteiger partial charge >= 0.3 is 0 Å². The lowest BCUT2D eigenvalue weighted by Gasteiger charge is -2.35. The van der Waals surface area contributed by atoms with Gasteiger partial charge in [-0.2, -0.15) is 0 Å². The number of hydrogen-bond acceptors (Lipinski definition) is 2. The SMILES string of the molecule is O=C(CCl)N(Cc1c(F)ccc(Cl)c1F)C1CCc2nccn2C1. The van der Waals surface area contributed by atoms with Crippen molar-refractivity contribution in [2.45, 2.75) is 32.0 Å². The van der Waals surface area contributed by atoms with Gasteiger partial charge in [-0.25, -0.2) is 13.8 Å². The molecule has 4 nitrogen and oxygen atoms in total.